The Bertz CT molecular complexity index is 801. The van der Waals surface area contributed by atoms with Crippen molar-refractivity contribution in [1.82, 2.24) is 10.2 Å². The van der Waals surface area contributed by atoms with E-state index in [1.165, 1.54) is 17.7 Å². The van der Waals surface area contributed by atoms with Gasteiger partial charge in [-0.25, -0.2) is 4.39 Å². The Kier molecular flexibility index (Phi) is 6.80. The molecule has 1 saturated heterocycles. The van der Waals surface area contributed by atoms with Crippen molar-refractivity contribution in [2.24, 2.45) is 5.92 Å². The fraction of sp³-hybridized carbons (Fsp3) is 0.391. The van der Waals surface area contributed by atoms with Crippen molar-refractivity contribution in [2.75, 3.05) is 13.1 Å². The van der Waals surface area contributed by atoms with Gasteiger partial charge in [-0.05, 0) is 50.3 Å². The second kappa shape index (κ2) is 9.49. The first-order chi connectivity index (χ1) is 13.5. The van der Waals surface area contributed by atoms with Crippen molar-refractivity contribution in [1.29, 1.82) is 0 Å². The van der Waals surface area contributed by atoms with E-state index in [0.29, 0.717) is 25.9 Å². The molecular formula is C23H27FN2O2. The molecule has 1 atom stereocenters. The number of likely N-dealkylation sites (tertiary alicyclic amines) is 1. The Labute approximate surface area is 165 Å². The van der Waals surface area contributed by atoms with E-state index >= 15 is 0 Å². The topological polar surface area (TPSA) is 49.4 Å². The van der Waals surface area contributed by atoms with Gasteiger partial charge < -0.3 is 10.2 Å². The van der Waals surface area contributed by atoms with Gasteiger partial charge >= 0.3 is 0 Å². The highest BCUT2D eigenvalue weighted by molar-refractivity contribution is 5.94. The summed E-state index contributed by atoms with van der Waals surface area (Å²) in [7, 11) is 0. The van der Waals surface area contributed by atoms with Crippen molar-refractivity contribution in [3.05, 3.63) is 71.5 Å². The van der Waals surface area contributed by atoms with E-state index in [1.807, 2.05) is 25.1 Å². The lowest BCUT2D eigenvalue weighted by Crippen LogP contribution is -2.45. The smallest absolute Gasteiger partial charge is 0.256 e. The number of nitrogens with zero attached hydrogens (tertiary/aromatic N) is 1. The number of amides is 2. The van der Waals surface area contributed by atoms with E-state index in [4.69, 9.17) is 0 Å². The summed E-state index contributed by atoms with van der Waals surface area (Å²) in [6.45, 7) is 2.98. The van der Waals surface area contributed by atoms with E-state index in [0.717, 1.165) is 12.8 Å². The van der Waals surface area contributed by atoms with E-state index in [-0.39, 0.29) is 29.3 Å². The average molecular weight is 382 g/mol. The van der Waals surface area contributed by atoms with Crippen LogP contribution in [-0.4, -0.2) is 35.8 Å². The monoisotopic (exact) mass is 382 g/mol. The van der Waals surface area contributed by atoms with Crippen LogP contribution in [0.5, 0.6) is 0 Å². The zero-order chi connectivity index (χ0) is 19.9. The van der Waals surface area contributed by atoms with E-state index in [9.17, 15) is 14.0 Å². The second-order valence-corrected chi connectivity index (χ2v) is 7.48. The summed E-state index contributed by atoms with van der Waals surface area (Å²) in [4.78, 5) is 26.7. The summed E-state index contributed by atoms with van der Waals surface area (Å²) in [5, 5.41) is 3.10. The number of nitrogens with one attached hydrogen (secondary N) is 1. The first-order valence-corrected chi connectivity index (χ1v) is 9.92. The number of carbonyl (C=O) groups is 2. The van der Waals surface area contributed by atoms with Crippen LogP contribution in [0.15, 0.2) is 54.6 Å². The van der Waals surface area contributed by atoms with Crippen LogP contribution in [0.25, 0.3) is 0 Å². The van der Waals surface area contributed by atoms with Gasteiger partial charge in [-0.15, -0.1) is 0 Å². The van der Waals surface area contributed by atoms with Crippen LogP contribution in [0.3, 0.4) is 0 Å². The molecule has 0 aliphatic carbocycles. The largest absolute Gasteiger partial charge is 0.353 e. The minimum Gasteiger partial charge on any atom is -0.353 e. The molecule has 4 nitrogen and oxygen atoms in total. The fourth-order valence-electron chi connectivity index (χ4n) is 3.61. The van der Waals surface area contributed by atoms with Gasteiger partial charge in [0.05, 0.1) is 5.56 Å². The van der Waals surface area contributed by atoms with Crippen molar-refractivity contribution in [3.8, 4) is 0 Å². The number of hydrogen-bond donors (Lipinski definition) is 1. The highest BCUT2D eigenvalue weighted by Gasteiger charge is 2.29. The minimum atomic E-state index is -0.500. The normalized spacial score (nSPS) is 15.9. The molecule has 0 bridgehead atoms. The third-order valence-corrected chi connectivity index (χ3v) is 5.35. The fourth-order valence-corrected chi connectivity index (χ4v) is 3.61. The molecule has 0 radical (unpaired) electrons. The molecule has 1 fully saturated rings. The quantitative estimate of drug-likeness (QED) is 0.826. The van der Waals surface area contributed by atoms with Crippen molar-refractivity contribution >= 4 is 11.8 Å². The van der Waals surface area contributed by atoms with Gasteiger partial charge in [-0.2, -0.15) is 0 Å². The van der Waals surface area contributed by atoms with Crippen LogP contribution in [-0.2, 0) is 11.2 Å². The molecule has 3 rings (SSSR count). The van der Waals surface area contributed by atoms with Gasteiger partial charge in [0.1, 0.15) is 5.82 Å². The lowest BCUT2D eigenvalue weighted by Gasteiger charge is -2.32. The molecule has 2 aromatic rings. The highest BCUT2D eigenvalue weighted by atomic mass is 19.1. The Balaban J connectivity index is 1.44. The number of rotatable bonds is 6. The van der Waals surface area contributed by atoms with E-state index < -0.39 is 5.82 Å². The van der Waals surface area contributed by atoms with Crippen LogP contribution < -0.4 is 5.32 Å². The third kappa shape index (κ3) is 5.18. The van der Waals surface area contributed by atoms with Crippen molar-refractivity contribution < 1.29 is 14.0 Å². The van der Waals surface area contributed by atoms with Crippen LogP contribution in [0.1, 0.15) is 42.1 Å². The number of halogens is 1. The molecule has 2 aromatic carbocycles. The molecule has 0 spiro atoms. The SMILES string of the molecule is C[C@H](CCc1ccccc1)NC(=O)C1CCN(C(=O)c2ccccc2F)CC1. The van der Waals surface area contributed by atoms with Crippen LogP contribution >= 0.6 is 0 Å². The summed E-state index contributed by atoms with van der Waals surface area (Å²) in [5.41, 5.74) is 1.36. The van der Waals surface area contributed by atoms with Crippen molar-refractivity contribution in [2.45, 2.75) is 38.6 Å². The maximum atomic E-state index is 13.8. The van der Waals surface area contributed by atoms with Crippen LogP contribution in [0, 0.1) is 11.7 Å². The standard InChI is InChI=1S/C23H27FN2O2/c1-17(11-12-18-7-3-2-4-8-18)25-22(27)19-13-15-26(16-14-19)23(28)20-9-5-6-10-21(20)24/h2-10,17,19H,11-16H2,1H3,(H,25,27)/t17-/m1/s1. The van der Waals surface area contributed by atoms with Crippen molar-refractivity contribution in [3.63, 3.8) is 0 Å². The van der Waals surface area contributed by atoms with Gasteiger partial charge in [0, 0.05) is 25.0 Å². The molecule has 148 valence electrons. The predicted molar refractivity (Wildman–Crippen MR) is 107 cm³/mol. The highest BCUT2D eigenvalue weighted by Crippen LogP contribution is 2.20. The number of hydrogen-bond acceptors (Lipinski definition) is 2. The molecule has 5 heteroatoms. The summed E-state index contributed by atoms with van der Waals surface area (Å²) in [6.07, 6.45) is 3.03. The van der Waals surface area contributed by atoms with Crippen LogP contribution in [0.2, 0.25) is 0 Å². The lowest BCUT2D eigenvalue weighted by atomic mass is 9.94. The van der Waals surface area contributed by atoms with E-state index in [1.54, 1.807) is 17.0 Å². The van der Waals surface area contributed by atoms with Crippen LogP contribution in [0.4, 0.5) is 4.39 Å². The molecule has 0 saturated carbocycles. The van der Waals surface area contributed by atoms with Gasteiger partial charge in [0.15, 0.2) is 0 Å². The minimum absolute atomic E-state index is 0.0542. The summed E-state index contributed by atoms with van der Waals surface area (Å²) in [6, 6.07) is 16.4. The van der Waals surface area contributed by atoms with Gasteiger partial charge in [0.2, 0.25) is 5.91 Å². The maximum Gasteiger partial charge on any atom is 0.256 e. The lowest BCUT2D eigenvalue weighted by molar-refractivity contribution is -0.126. The zero-order valence-electron chi connectivity index (χ0n) is 16.2. The number of benzene rings is 2. The Morgan fingerprint density at radius 3 is 2.39 bits per heavy atom. The van der Waals surface area contributed by atoms with Gasteiger partial charge in [-0.1, -0.05) is 42.5 Å². The van der Waals surface area contributed by atoms with E-state index in [2.05, 4.69) is 17.4 Å². The first-order valence-electron chi connectivity index (χ1n) is 9.92. The first kappa shape index (κ1) is 20.1. The molecule has 0 unspecified atom stereocenters. The molecule has 0 aromatic heterocycles. The third-order valence-electron chi connectivity index (χ3n) is 5.35. The predicted octanol–water partition coefficient (Wildman–Crippen LogP) is 3.82. The molecular weight excluding hydrogens is 355 g/mol. The molecule has 1 aliphatic rings. The Morgan fingerprint density at radius 1 is 1.07 bits per heavy atom. The van der Waals surface area contributed by atoms with Gasteiger partial charge in [-0.3, -0.25) is 9.59 Å². The Hall–Kier alpha value is -2.69. The summed E-state index contributed by atoms with van der Waals surface area (Å²) in [5.74, 6) is -0.838. The molecule has 2 amide bonds. The summed E-state index contributed by atoms with van der Waals surface area (Å²) >= 11 is 0. The Morgan fingerprint density at radius 2 is 1.71 bits per heavy atom. The number of aryl methyl sites for hydroxylation is 1. The number of piperidine rings is 1. The number of carbonyl (C=O) groups excluding carboxylic acids is 2. The maximum absolute atomic E-state index is 13.8. The molecule has 1 aliphatic heterocycles. The molecule has 28 heavy (non-hydrogen) atoms. The average Bonchev–Trinajstić information content (AvgIpc) is 2.73. The summed E-state index contributed by atoms with van der Waals surface area (Å²) < 4.78 is 13.8. The van der Waals surface area contributed by atoms with Gasteiger partial charge in [0.25, 0.3) is 5.91 Å². The zero-order valence-corrected chi connectivity index (χ0v) is 16.2. The second-order valence-electron chi connectivity index (χ2n) is 7.48. The molecule has 1 N–H and O–H groups in total. The molecule has 1 heterocycles.